The standard InChI is InChI=1S/C16H21ClN2O/c1-10(17)15-18-13-9-12(20-4)7-8-14(13)19(15)16(2,3)11-5-6-11/h7-11H,5-6H2,1-4H3. The summed E-state index contributed by atoms with van der Waals surface area (Å²) < 4.78 is 7.63. The Labute approximate surface area is 124 Å². The number of ether oxygens (including phenoxy) is 1. The van der Waals surface area contributed by atoms with Gasteiger partial charge in [0.15, 0.2) is 0 Å². The first-order valence-electron chi connectivity index (χ1n) is 7.16. The molecule has 0 spiro atoms. The van der Waals surface area contributed by atoms with Crippen LogP contribution in [-0.2, 0) is 5.54 Å². The fourth-order valence-electron chi connectivity index (χ4n) is 3.05. The fraction of sp³-hybridized carbons (Fsp3) is 0.562. The van der Waals surface area contributed by atoms with Gasteiger partial charge in [-0.3, -0.25) is 0 Å². The van der Waals surface area contributed by atoms with Gasteiger partial charge in [0, 0.05) is 11.6 Å². The highest BCUT2D eigenvalue weighted by Gasteiger charge is 2.41. The molecule has 0 radical (unpaired) electrons. The van der Waals surface area contributed by atoms with Crippen LogP contribution in [0.4, 0.5) is 0 Å². The van der Waals surface area contributed by atoms with Crippen molar-refractivity contribution in [3.8, 4) is 5.75 Å². The van der Waals surface area contributed by atoms with Crippen molar-refractivity contribution in [2.24, 2.45) is 5.92 Å². The third-order valence-corrected chi connectivity index (χ3v) is 4.59. The van der Waals surface area contributed by atoms with Crippen molar-refractivity contribution in [1.82, 2.24) is 9.55 Å². The van der Waals surface area contributed by atoms with E-state index in [2.05, 4.69) is 24.5 Å². The summed E-state index contributed by atoms with van der Waals surface area (Å²) in [6, 6.07) is 6.07. The van der Waals surface area contributed by atoms with E-state index in [9.17, 15) is 0 Å². The van der Waals surface area contributed by atoms with Crippen LogP contribution >= 0.6 is 11.6 Å². The highest BCUT2D eigenvalue weighted by molar-refractivity contribution is 6.20. The van der Waals surface area contributed by atoms with Gasteiger partial charge < -0.3 is 9.30 Å². The average Bonchev–Trinajstić information content (AvgIpc) is 3.18. The van der Waals surface area contributed by atoms with Crippen LogP contribution < -0.4 is 4.74 Å². The largest absolute Gasteiger partial charge is 0.497 e. The maximum Gasteiger partial charge on any atom is 0.128 e. The second-order valence-corrected chi connectivity index (χ2v) is 6.86. The van der Waals surface area contributed by atoms with Crippen LogP contribution in [0.1, 0.15) is 44.8 Å². The van der Waals surface area contributed by atoms with E-state index in [1.54, 1.807) is 7.11 Å². The molecule has 108 valence electrons. The van der Waals surface area contributed by atoms with Gasteiger partial charge in [-0.15, -0.1) is 11.6 Å². The lowest BCUT2D eigenvalue weighted by molar-refractivity contribution is 0.304. The molecule has 1 fully saturated rings. The lowest BCUT2D eigenvalue weighted by Crippen LogP contribution is -2.30. The maximum atomic E-state index is 6.37. The van der Waals surface area contributed by atoms with E-state index >= 15 is 0 Å². The van der Waals surface area contributed by atoms with Gasteiger partial charge in [-0.2, -0.15) is 0 Å². The van der Waals surface area contributed by atoms with Crippen molar-refractivity contribution in [2.45, 2.75) is 44.5 Å². The first-order chi connectivity index (χ1) is 9.45. The Morgan fingerprint density at radius 2 is 2.10 bits per heavy atom. The molecule has 0 amide bonds. The van der Waals surface area contributed by atoms with Gasteiger partial charge in [-0.25, -0.2) is 4.98 Å². The third kappa shape index (κ3) is 2.08. The Balaban J connectivity index is 2.24. The number of hydrogen-bond acceptors (Lipinski definition) is 2. The van der Waals surface area contributed by atoms with Crippen molar-refractivity contribution in [3.63, 3.8) is 0 Å². The van der Waals surface area contributed by atoms with Crippen LogP contribution in [0.5, 0.6) is 5.75 Å². The molecule has 0 N–H and O–H groups in total. The number of hydrogen-bond donors (Lipinski definition) is 0. The molecular weight excluding hydrogens is 272 g/mol. The third-order valence-electron chi connectivity index (χ3n) is 4.40. The summed E-state index contributed by atoms with van der Waals surface area (Å²) in [5, 5.41) is -0.105. The van der Waals surface area contributed by atoms with Crippen LogP contribution in [0, 0.1) is 5.92 Å². The monoisotopic (exact) mass is 292 g/mol. The molecule has 1 aromatic heterocycles. The molecule has 2 aromatic rings. The van der Waals surface area contributed by atoms with Crippen molar-refractivity contribution in [2.75, 3.05) is 7.11 Å². The first kappa shape index (κ1) is 13.7. The van der Waals surface area contributed by atoms with Crippen molar-refractivity contribution >= 4 is 22.6 Å². The zero-order valence-electron chi connectivity index (χ0n) is 12.5. The second kappa shape index (κ2) is 4.66. The van der Waals surface area contributed by atoms with Crippen LogP contribution in [0.15, 0.2) is 18.2 Å². The van der Waals surface area contributed by atoms with Gasteiger partial charge in [0.25, 0.3) is 0 Å². The van der Waals surface area contributed by atoms with Crippen molar-refractivity contribution < 1.29 is 4.74 Å². The molecule has 3 rings (SSSR count). The predicted molar refractivity (Wildman–Crippen MR) is 82.6 cm³/mol. The Morgan fingerprint density at radius 1 is 1.40 bits per heavy atom. The average molecular weight is 293 g/mol. The molecular formula is C16H21ClN2O. The number of methoxy groups -OCH3 is 1. The van der Waals surface area contributed by atoms with Crippen LogP contribution in [0.3, 0.4) is 0 Å². The number of imidazole rings is 1. The molecule has 1 atom stereocenters. The minimum absolute atomic E-state index is 0.0574. The molecule has 4 heteroatoms. The summed E-state index contributed by atoms with van der Waals surface area (Å²) in [6.07, 6.45) is 2.58. The number of rotatable bonds is 4. The van der Waals surface area contributed by atoms with Crippen molar-refractivity contribution in [1.29, 1.82) is 0 Å². The lowest BCUT2D eigenvalue weighted by atomic mass is 9.97. The summed E-state index contributed by atoms with van der Waals surface area (Å²) in [5.41, 5.74) is 2.16. The van der Waals surface area contributed by atoms with E-state index in [0.29, 0.717) is 0 Å². The molecule has 1 unspecified atom stereocenters. The van der Waals surface area contributed by atoms with E-state index in [1.807, 2.05) is 19.1 Å². The molecule has 1 aromatic carbocycles. The van der Waals surface area contributed by atoms with E-state index < -0.39 is 0 Å². The summed E-state index contributed by atoms with van der Waals surface area (Å²) >= 11 is 6.37. The van der Waals surface area contributed by atoms with Gasteiger partial charge >= 0.3 is 0 Å². The van der Waals surface area contributed by atoms with Crippen LogP contribution in [0.25, 0.3) is 11.0 Å². The highest BCUT2D eigenvalue weighted by Crippen LogP contribution is 2.46. The van der Waals surface area contributed by atoms with Gasteiger partial charge in [-0.05, 0) is 51.7 Å². The number of fused-ring (bicyclic) bond motifs is 1. The van der Waals surface area contributed by atoms with Gasteiger partial charge in [-0.1, -0.05) is 0 Å². The zero-order chi connectivity index (χ0) is 14.5. The summed E-state index contributed by atoms with van der Waals surface area (Å²) in [4.78, 5) is 4.75. The molecule has 0 saturated heterocycles. The predicted octanol–water partition coefficient (Wildman–Crippen LogP) is 4.49. The number of benzene rings is 1. The Kier molecular flexibility index (Phi) is 3.20. The highest BCUT2D eigenvalue weighted by atomic mass is 35.5. The Hall–Kier alpha value is -1.22. The molecule has 3 nitrogen and oxygen atoms in total. The van der Waals surface area contributed by atoms with E-state index in [0.717, 1.165) is 28.5 Å². The smallest absolute Gasteiger partial charge is 0.128 e. The molecule has 0 bridgehead atoms. The number of aromatic nitrogens is 2. The van der Waals surface area contributed by atoms with Gasteiger partial charge in [0.1, 0.15) is 11.6 Å². The van der Waals surface area contributed by atoms with E-state index in [4.69, 9.17) is 21.3 Å². The Morgan fingerprint density at radius 3 is 2.65 bits per heavy atom. The van der Waals surface area contributed by atoms with Gasteiger partial charge in [0.2, 0.25) is 0 Å². The molecule has 1 saturated carbocycles. The zero-order valence-corrected chi connectivity index (χ0v) is 13.2. The van der Waals surface area contributed by atoms with E-state index in [-0.39, 0.29) is 10.9 Å². The van der Waals surface area contributed by atoms with Crippen LogP contribution in [-0.4, -0.2) is 16.7 Å². The normalized spacial score (nSPS) is 17.4. The SMILES string of the molecule is COc1ccc2c(c1)nc(C(C)Cl)n2C(C)(C)C1CC1. The summed E-state index contributed by atoms with van der Waals surface area (Å²) in [7, 11) is 1.68. The lowest BCUT2D eigenvalue weighted by Gasteiger charge is -2.30. The molecule has 20 heavy (non-hydrogen) atoms. The number of halogens is 1. The minimum atomic E-state index is -0.105. The summed E-state index contributed by atoms with van der Waals surface area (Å²) in [6.45, 7) is 6.57. The maximum absolute atomic E-state index is 6.37. The number of nitrogens with zero attached hydrogens (tertiary/aromatic N) is 2. The second-order valence-electron chi connectivity index (χ2n) is 6.20. The molecule has 0 aliphatic heterocycles. The van der Waals surface area contributed by atoms with Gasteiger partial charge in [0.05, 0.1) is 23.5 Å². The molecule has 1 aliphatic carbocycles. The Bertz CT molecular complexity index is 641. The quantitative estimate of drug-likeness (QED) is 0.776. The minimum Gasteiger partial charge on any atom is -0.497 e. The van der Waals surface area contributed by atoms with Crippen LogP contribution in [0.2, 0.25) is 0 Å². The van der Waals surface area contributed by atoms with Crippen molar-refractivity contribution in [3.05, 3.63) is 24.0 Å². The summed E-state index contributed by atoms with van der Waals surface area (Å²) in [5.74, 6) is 2.50. The fourth-order valence-corrected chi connectivity index (χ4v) is 3.20. The molecule has 1 aliphatic rings. The molecule has 1 heterocycles. The number of alkyl halides is 1. The first-order valence-corrected chi connectivity index (χ1v) is 7.59. The topological polar surface area (TPSA) is 27.1 Å². The van der Waals surface area contributed by atoms with E-state index in [1.165, 1.54) is 12.8 Å².